The highest BCUT2D eigenvalue weighted by Gasteiger charge is 2.03. The van der Waals surface area contributed by atoms with Gasteiger partial charge in [-0.2, -0.15) is 0 Å². The second-order valence-electron chi connectivity index (χ2n) is 3.51. The largest absolute Gasteiger partial charge is 0.399 e. The highest BCUT2D eigenvalue weighted by Crippen LogP contribution is 2.30. The molecule has 2 nitrogen and oxygen atoms in total. The van der Waals surface area contributed by atoms with Crippen LogP contribution in [0, 0.1) is 0 Å². The van der Waals surface area contributed by atoms with E-state index in [-0.39, 0.29) is 0 Å². The zero-order valence-corrected chi connectivity index (χ0v) is 9.89. The second kappa shape index (κ2) is 4.24. The standard InChI is InChI=1S/C12H10Cl2N2/c13-9-3-8(4-10(15)6-9)7-1-2-12(16)11(14)5-7/h1-6H,15-16H2. The molecule has 0 saturated carbocycles. The van der Waals surface area contributed by atoms with Crippen LogP contribution in [0.25, 0.3) is 11.1 Å². The first-order chi connectivity index (χ1) is 7.56. The van der Waals surface area contributed by atoms with E-state index < -0.39 is 0 Å². The fourth-order valence-corrected chi connectivity index (χ4v) is 1.91. The van der Waals surface area contributed by atoms with Crippen molar-refractivity contribution >= 4 is 34.6 Å². The molecule has 2 rings (SSSR count). The van der Waals surface area contributed by atoms with Gasteiger partial charge in [0.1, 0.15) is 0 Å². The Kier molecular flexibility index (Phi) is 2.95. The summed E-state index contributed by atoms with van der Waals surface area (Å²) in [6.45, 7) is 0. The Hall–Kier alpha value is -1.38. The molecule has 0 amide bonds. The number of anilines is 2. The fraction of sp³-hybridized carbons (Fsp3) is 0. The van der Waals surface area contributed by atoms with E-state index in [0.717, 1.165) is 11.1 Å². The minimum Gasteiger partial charge on any atom is -0.399 e. The predicted octanol–water partition coefficient (Wildman–Crippen LogP) is 3.82. The van der Waals surface area contributed by atoms with Crippen molar-refractivity contribution < 1.29 is 0 Å². The van der Waals surface area contributed by atoms with Gasteiger partial charge in [0.25, 0.3) is 0 Å². The van der Waals surface area contributed by atoms with Crippen LogP contribution >= 0.6 is 23.2 Å². The van der Waals surface area contributed by atoms with Gasteiger partial charge >= 0.3 is 0 Å². The molecular weight excluding hydrogens is 243 g/mol. The molecule has 0 spiro atoms. The molecule has 0 aliphatic carbocycles. The lowest BCUT2D eigenvalue weighted by Gasteiger charge is -2.06. The maximum Gasteiger partial charge on any atom is 0.0641 e. The summed E-state index contributed by atoms with van der Waals surface area (Å²) in [4.78, 5) is 0. The minimum absolute atomic E-state index is 0.524. The van der Waals surface area contributed by atoms with Gasteiger partial charge in [-0.1, -0.05) is 29.3 Å². The van der Waals surface area contributed by atoms with Crippen LogP contribution in [0.3, 0.4) is 0 Å². The number of halogens is 2. The predicted molar refractivity (Wildman–Crippen MR) is 70.7 cm³/mol. The third-order valence-corrected chi connectivity index (χ3v) is 2.80. The lowest BCUT2D eigenvalue weighted by molar-refractivity contribution is 1.60. The van der Waals surface area contributed by atoms with E-state index in [2.05, 4.69) is 0 Å². The van der Waals surface area contributed by atoms with Crippen molar-refractivity contribution in [2.75, 3.05) is 11.5 Å². The van der Waals surface area contributed by atoms with Crippen molar-refractivity contribution in [1.29, 1.82) is 0 Å². The first kappa shape index (κ1) is 11.1. The van der Waals surface area contributed by atoms with Crippen LogP contribution in [0.5, 0.6) is 0 Å². The molecule has 4 heteroatoms. The lowest BCUT2D eigenvalue weighted by Crippen LogP contribution is -1.88. The Morgan fingerprint density at radius 2 is 1.56 bits per heavy atom. The van der Waals surface area contributed by atoms with Crippen molar-refractivity contribution in [2.45, 2.75) is 0 Å². The summed E-state index contributed by atoms with van der Waals surface area (Å²) >= 11 is 11.9. The van der Waals surface area contributed by atoms with Crippen LogP contribution in [0.1, 0.15) is 0 Å². The maximum atomic E-state index is 5.95. The Balaban J connectivity index is 2.54. The maximum absolute atomic E-state index is 5.95. The molecule has 0 fully saturated rings. The number of rotatable bonds is 1. The summed E-state index contributed by atoms with van der Waals surface area (Å²) in [6, 6.07) is 10.8. The molecule has 2 aromatic carbocycles. The molecule has 4 N–H and O–H groups in total. The molecule has 0 bridgehead atoms. The van der Waals surface area contributed by atoms with Crippen LogP contribution in [-0.4, -0.2) is 0 Å². The molecule has 0 heterocycles. The van der Waals surface area contributed by atoms with Gasteiger partial charge in [0.05, 0.1) is 10.7 Å². The molecule has 16 heavy (non-hydrogen) atoms. The third kappa shape index (κ3) is 2.23. The summed E-state index contributed by atoms with van der Waals surface area (Å²) in [5.74, 6) is 0. The van der Waals surface area contributed by atoms with Gasteiger partial charge in [0, 0.05) is 10.7 Å². The Bertz CT molecular complexity index is 518. The van der Waals surface area contributed by atoms with E-state index in [1.54, 1.807) is 18.2 Å². The average Bonchev–Trinajstić information content (AvgIpc) is 2.20. The quantitative estimate of drug-likeness (QED) is 0.759. The van der Waals surface area contributed by atoms with E-state index in [1.807, 2.05) is 18.2 Å². The summed E-state index contributed by atoms with van der Waals surface area (Å²) in [5, 5.41) is 1.12. The lowest BCUT2D eigenvalue weighted by atomic mass is 10.0. The van der Waals surface area contributed by atoms with Crippen molar-refractivity contribution in [3.63, 3.8) is 0 Å². The smallest absolute Gasteiger partial charge is 0.0641 e. The highest BCUT2D eigenvalue weighted by atomic mass is 35.5. The van der Waals surface area contributed by atoms with Gasteiger partial charge in [0.15, 0.2) is 0 Å². The van der Waals surface area contributed by atoms with Crippen molar-refractivity contribution in [3.05, 3.63) is 46.4 Å². The van der Waals surface area contributed by atoms with Gasteiger partial charge in [-0.05, 0) is 41.5 Å². The van der Waals surface area contributed by atoms with Crippen molar-refractivity contribution in [2.24, 2.45) is 0 Å². The van der Waals surface area contributed by atoms with Crippen LogP contribution in [0.15, 0.2) is 36.4 Å². The molecule has 0 radical (unpaired) electrons. The van der Waals surface area contributed by atoms with E-state index in [0.29, 0.717) is 21.4 Å². The fourth-order valence-electron chi connectivity index (χ4n) is 1.49. The number of hydrogen-bond acceptors (Lipinski definition) is 2. The molecule has 0 aromatic heterocycles. The van der Waals surface area contributed by atoms with Crippen LogP contribution < -0.4 is 11.5 Å². The Labute approximate surface area is 104 Å². The van der Waals surface area contributed by atoms with Crippen molar-refractivity contribution in [3.8, 4) is 11.1 Å². The summed E-state index contributed by atoms with van der Waals surface area (Å²) in [7, 11) is 0. The number of nitrogen functional groups attached to an aromatic ring is 2. The Morgan fingerprint density at radius 3 is 2.19 bits per heavy atom. The van der Waals surface area contributed by atoms with Crippen molar-refractivity contribution in [1.82, 2.24) is 0 Å². The third-order valence-electron chi connectivity index (χ3n) is 2.25. The van der Waals surface area contributed by atoms with E-state index in [4.69, 9.17) is 34.7 Å². The second-order valence-corrected chi connectivity index (χ2v) is 4.35. The number of nitrogens with two attached hydrogens (primary N) is 2. The molecule has 2 aromatic rings. The number of hydrogen-bond donors (Lipinski definition) is 2. The molecule has 82 valence electrons. The summed E-state index contributed by atoms with van der Waals surface area (Å²) in [5.41, 5.74) is 14.4. The van der Waals surface area contributed by atoms with Gasteiger partial charge in [-0.3, -0.25) is 0 Å². The molecular formula is C12H10Cl2N2. The minimum atomic E-state index is 0.524. The summed E-state index contributed by atoms with van der Waals surface area (Å²) < 4.78 is 0. The topological polar surface area (TPSA) is 52.0 Å². The molecule has 0 saturated heterocycles. The average molecular weight is 253 g/mol. The van der Waals surface area contributed by atoms with E-state index in [1.165, 1.54) is 0 Å². The van der Waals surface area contributed by atoms with Crippen LogP contribution in [-0.2, 0) is 0 Å². The highest BCUT2D eigenvalue weighted by molar-refractivity contribution is 6.33. The molecule has 0 aliphatic heterocycles. The van der Waals surface area contributed by atoms with Crippen LogP contribution in [0.2, 0.25) is 10.0 Å². The zero-order chi connectivity index (χ0) is 11.7. The monoisotopic (exact) mass is 252 g/mol. The molecule has 0 atom stereocenters. The van der Waals surface area contributed by atoms with Gasteiger partial charge in [0.2, 0.25) is 0 Å². The van der Waals surface area contributed by atoms with Gasteiger partial charge in [-0.15, -0.1) is 0 Å². The normalized spacial score (nSPS) is 10.4. The number of benzene rings is 2. The SMILES string of the molecule is Nc1cc(Cl)cc(-c2ccc(N)c(Cl)c2)c1. The first-order valence-corrected chi connectivity index (χ1v) is 5.43. The first-order valence-electron chi connectivity index (χ1n) is 4.68. The van der Waals surface area contributed by atoms with Crippen LogP contribution in [0.4, 0.5) is 11.4 Å². The Morgan fingerprint density at radius 1 is 0.812 bits per heavy atom. The molecule has 0 aliphatic rings. The van der Waals surface area contributed by atoms with E-state index >= 15 is 0 Å². The zero-order valence-electron chi connectivity index (χ0n) is 8.37. The van der Waals surface area contributed by atoms with E-state index in [9.17, 15) is 0 Å². The van der Waals surface area contributed by atoms with Gasteiger partial charge < -0.3 is 11.5 Å². The van der Waals surface area contributed by atoms with Gasteiger partial charge in [-0.25, -0.2) is 0 Å². The molecule has 0 unspecified atom stereocenters. The summed E-state index contributed by atoms with van der Waals surface area (Å²) in [6.07, 6.45) is 0.